The molecule has 16 heavy (non-hydrogen) atoms. The van der Waals surface area contributed by atoms with Crippen molar-refractivity contribution in [2.24, 2.45) is 5.11 Å². The van der Waals surface area contributed by atoms with Crippen LogP contribution in [-0.4, -0.2) is 13.0 Å². The fourth-order valence-corrected chi connectivity index (χ4v) is 1.20. The van der Waals surface area contributed by atoms with Gasteiger partial charge in [0.15, 0.2) is 0 Å². The molecule has 0 saturated heterocycles. The van der Waals surface area contributed by atoms with Crippen LogP contribution in [0.2, 0.25) is 0 Å². The zero-order chi connectivity index (χ0) is 12.0. The lowest BCUT2D eigenvalue weighted by Gasteiger charge is -2.08. The Bertz CT molecular complexity index is 403. The fourth-order valence-electron chi connectivity index (χ4n) is 1.20. The Morgan fingerprint density at radius 3 is 2.81 bits per heavy atom. The summed E-state index contributed by atoms with van der Waals surface area (Å²) >= 11 is 0. The molecule has 0 saturated carbocycles. The molecule has 1 rings (SSSR count). The maximum absolute atomic E-state index is 11.9. The standard InChI is InChI=1S/C10H11F2N3O/c1-7-4-9(16-6-10(11)12)3-2-8(7)5-14-15-13/h2-4,10H,5-6H2,1H3. The van der Waals surface area contributed by atoms with E-state index in [9.17, 15) is 8.78 Å². The highest BCUT2D eigenvalue weighted by atomic mass is 19.3. The Hall–Kier alpha value is -1.81. The van der Waals surface area contributed by atoms with Crippen molar-refractivity contribution in [3.8, 4) is 5.75 Å². The number of azide groups is 1. The van der Waals surface area contributed by atoms with Gasteiger partial charge in [0.1, 0.15) is 12.4 Å². The monoisotopic (exact) mass is 227 g/mol. The van der Waals surface area contributed by atoms with E-state index in [0.29, 0.717) is 5.75 Å². The number of nitrogens with zero attached hydrogens (tertiary/aromatic N) is 3. The SMILES string of the molecule is Cc1cc(OCC(F)F)ccc1CN=[N+]=[N-]. The predicted molar refractivity (Wildman–Crippen MR) is 55.5 cm³/mol. The number of hydrogen-bond acceptors (Lipinski definition) is 2. The van der Waals surface area contributed by atoms with Gasteiger partial charge in [-0.3, -0.25) is 0 Å². The van der Waals surface area contributed by atoms with E-state index in [2.05, 4.69) is 10.0 Å². The molecule has 0 bridgehead atoms. The Morgan fingerprint density at radius 1 is 1.50 bits per heavy atom. The first-order valence-corrected chi connectivity index (χ1v) is 4.65. The molecule has 0 amide bonds. The van der Waals surface area contributed by atoms with Crippen molar-refractivity contribution in [1.29, 1.82) is 0 Å². The van der Waals surface area contributed by atoms with Gasteiger partial charge in [-0.1, -0.05) is 11.2 Å². The summed E-state index contributed by atoms with van der Waals surface area (Å²) < 4.78 is 28.6. The van der Waals surface area contributed by atoms with Gasteiger partial charge in [-0.25, -0.2) is 8.78 Å². The molecule has 0 aliphatic carbocycles. The number of aryl methyl sites for hydroxylation is 1. The molecular formula is C10H11F2N3O. The number of rotatable bonds is 5. The van der Waals surface area contributed by atoms with Crippen LogP contribution < -0.4 is 4.74 Å². The maximum atomic E-state index is 11.9. The minimum atomic E-state index is -2.48. The molecule has 0 aromatic heterocycles. The topological polar surface area (TPSA) is 58.0 Å². The van der Waals surface area contributed by atoms with Crippen LogP contribution in [0.3, 0.4) is 0 Å². The Labute approximate surface area is 91.5 Å². The molecule has 1 aromatic carbocycles. The second kappa shape index (κ2) is 5.92. The average Bonchev–Trinajstić information content (AvgIpc) is 2.25. The molecule has 0 heterocycles. The van der Waals surface area contributed by atoms with E-state index in [4.69, 9.17) is 10.3 Å². The summed E-state index contributed by atoms with van der Waals surface area (Å²) in [5, 5.41) is 3.43. The first-order valence-electron chi connectivity index (χ1n) is 4.65. The van der Waals surface area contributed by atoms with Gasteiger partial charge in [-0.05, 0) is 35.7 Å². The highest BCUT2D eigenvalue weighted by Gasteiger charge is 2.04. The van der Waals surface area contributed by atoms with Gasteiger partial charge < -0.3 is 4.74 Å². The maximum Gasteiger partial charge on any atom is 0.272 e. The van der Waals surface area contributed by atoms with Crippen molar-refractivity contribution >= 4 is 0 Å². The van der Waals surface area contributed by atoms with E-state index in [1.54, 1.807) is 25.1 Å². The zero-order valence-electron chi connectivity index (χ0n) is 8.73. The molecule has 0 radical (unpaired) electrons. The molecule has 86 valence electrons. The lowest BCUT2D eigenvalue weighted by Crippen LogP contribution is -2.07. The second-order valence-corrected chi connectivity index (χ2v) is 3.18. The largest absolute Gasteiger partial charge is 0.488 e. The summed E-state index contributed by atoms with van der Waals surface area (Å²) in [5.41, 5.74) is 9.86. The van der Waals surface area contributed by atoms with Gasteiger partial charge in [0.05, 0.1) is 6.54 Å². The summed E-state index contributed by atoms with van der Waals surface area (Å²) in [6.45, 7) is 1.43. The normalized spacial score (nSPS) is 10.0. The molecule has 0 spiro atoms. The average molecular weight is 227 g/mol. The van der Waals surface area contributed by atoms with Gasteiger partial charge in [-0.2, -0.15) is 0 Å². The number of ether oxygens (including phenoxy) is 1. The molecular weight excluding hydrogens is 216 g/mol. The molecule has 6 heteroatoms. The van der Waals surface area contributed by atoms with Crippen LogP contribution in [0.25, 0.3) is 10.4 Å². The number of hydrogen-bond donors (Lipinski definition) is 0. The second-order valence-electron chi connectivity index (χ2n) is 3.18. The third kappa shape index (κ3) is 3.74. The van der Waals surface area contributed by atoms with Gasteiger partial charge in [0.2, 0.25) is 0 Å². The molecule has 0 unspecified atom stereocenters. The highest BCUT2D eigenvalue weighted by molar-refractivity contribution is 5.34. The van der Waals surface area contributed by atoms with Crippen LogP contribution in [0.15, 0.2) is 23.3 Å². The smallest absolute Gasteiger partial charge is 0.272 e. The predicted octanol–water partition coefficient (Wildman–Crippen LogP) is 3.45. The van der Waals surface area contributed by atoms with E-state index < -0.39 is 13.0 Å². The molecule has 0 aliphatic rings. The van der Waals surface area contributed by atoms with E-state index in [0.717, 1.165) is 11.1 Å². The summed E-state index contributed by atoms with van der Waals surface area (Å²) in [6.07, 6.45) is -2.48. The molecule has 4 nitrogen and oxygen atoms in total. The Kier molecular flexibility index (Phi) is 4.54. The number of halogens is 2. The van der Waals surface area contributed by atoms with Crippen molar-refractivity contribution < 1.29 is 13.5 Å². The molecule has 0 fully saturated rings. The molecule has 0 atom stereocenters. The fraction of sp³-hybridized carbons (Fsp3) is 0.400. The highest BCUT2D eigenvalue weighted by Crippen LogP contribution is 2.18. The first-order chi connectivity index (χ1) is 7.63. The van der Waals surface area contributed by atoms with Crippen LogP contribution in [0.5, 0.6) is 5.75 Å². The third-order valence-electron chi connectivity index (χ3n) is 1.99. The van der Waals surface area contributed by atoms with E-state index in [1.165, 1.54) is 0 Å². The Morgan fingerprint density at radius 2 is 2.25 bits per heavy atom. The van der Waals surface area contributed by atoms with Crippen molar-refractivity contribution in [1.82, 2.24) is 0 Å². The van der Waals surface area contributed by atoms with Crippen LogP contribution in [-0.2, 0) is 6.54 Å². The summed E-state index contributed by atoms with van der Waals surface area (Å²) in [4.78, 5) is 2.65. The van der Waals surface area contributed by atoms with Gasteiger partial charge in [0.25, 0.3) is 6.43 Å². The van der Waals surface area contributed by atoms with Gasteiger partial charge in [0, 0.05) is 4.91 Å². The number of benzene rings is 1. The molecule has 0 N–H and O–H groups in total. The van der Waals surface area contributed by atoms with E-state index in [1.807, 2.05) is 0 Å². The van der Waals surface area contributed by atoms with E-state index in [-0.39, 0.29) is 6.54 Å². The summed E-state index contributed by atoms with van der Waals surface area (Å²) in [5.74, 6) is 0.391. The first kappa shape index (κ1) is 12.3. The van der Waals surface area contributed by atoms with Crippen LogP contribution in [0, 0.1) is 6.92 Å². The summed E-state index contributed by atoms with van der Waals surface area (Å²) in [6, 6.07) is 4.92. The van der Waals surface area contributed by atoms with Crippen LogP contribution in [0.1, 0.15) is 11.1 Å². The van der Waals surface area contributed by atoms with Gasteiger partial charge in [-0.15, -0.1) is 0 Å². The lowest BCUT2D eigenvalue weighted by atomic mass is 10.1. The van der Waals surface area contributed by atoms with Crippen LogP contribution >= 0.6 is 0 Å². The summed E-state index contributed by atoms with van der Waals surface area (Å²) in [7, 11) is 0. The third-order valence-corrected chi connectivity index (χ3v) is 1.99. The minimum absolute atomic E-state index is 0.247. The van der Waals surface area contributed by atoms with Crippen molar-refractivity contribution in [3.05, 3.63) is 39.8 Å². The lowest BCUT2D eigenvalue weighted by molar-refractivity contribution is 0.0818. The van der Waals surface area contributed by atoms with Crippen LogP contribution in [0.4, 0.5) is 8.78 Å². The Balaban J connectivity index is 2.70. The molecule has 1 aromatic rings. The van der Waals surface area contributed by atoms with E-state index >= 15 is 0 Å². The zero-order valence-corrected chi connectivity index (χ0v) is 8.73. The van der Waals surface area contributed by atoms with Crippen molar-refractivity contribution in [2.45, 2.75) is 19.9 Å². The van der Waals surface area contributed by atoms with Gasteiger partial charge >= 0.3 is 0 Å². The number of alkyl halides is 2. The minimum Gasteiger partial charge on any atom is -0.488 e. The molecule has 0 aliphatic heterocycles. The quantitative estimate of drug-likeness (QED) is 0.431. The van der Waals surface area contributed by atoms with Crippen molar-refractivity contribution in [3.63, 3.8) is 0 Å². The van der Waals surface area contributed by atoms with Crippen molar-refractivity contribution in [2.75, 3.05) is 6.61 Å².